The molecule has 0 fully saturated rings. The van der Waals surface area contributed by atoms with Crippen LogP contribution >= 0.6 is 24.0 Å². The zero-order valence-corrected chi connectivity index (χ0v) is 16.0. The number of unbranched alkanes of at least 4 members (excludes halogenated alkanes) is 1. The Morgan fingerprint density at radius 2 is 1.95 bits per heavy atom. The van der Waals surface area contributed by atoms with Crippen LogP contribution in [-0.4, -0.2) is 39.2 Å². The predicted octanol–water partition coefficient (Wildman–Crippen LogP) is 3.26. The van der Waals surface area contributed by atoms with Crippen LogP contribution in [0.15, 0.2) is 48.0 Å². The average molecular weight is 416 g/mol. The molecular formula is C17H29IN4. The molecule has 2 N–H and O–H groups in total. The van der Waals surface area contributed by atoms with Crippen molar-refractivity contribution < 1.29 is 0 Å². The molecule has 0 saturated heterocycles. The highest BCUT2D eigenvalue weighted by molar-refractivity contribution is 14.0. The molecular weight excluding hydrogens is 387 g/mol. The summed E-state index contributed by atoms with van der Waals surface area (Å²) in [6.45, 7) is 9.28. The van der Waals surface area contributed by atoms with Crippen molar-refractivity contribution in [3.05, 3.63) is 43.0 Å². The van der Waals surface area contributed by atoms with E-state index in [0.717, 1.165) is 45.0 Å². The van der Waals surface area contributed by atoms with Gasteiger partial charge in [0, 0.05) is 38.9 Å². The summed E-state index contributed by atoms with van der Waals surface area (Å²) in [6, 6.07) is 10.5. The zero-order valence-electron chi connectivity index (χ0n) is 13.7. The maximum atomic E-state index is 4.55. The Labute approximate surface area is 152 Å². The molecule has 0 saturated carbocycles. The van der Waals surface area contributed by atoms with Crippen molar-refractivity contribution in [3.63, 3.8) is 0 Å². The van der Waals surface area contributed by atoms with Crippen molar-refractivity contribution in [1.82, 2.24) is 10.6 Å². The van der Waals surface area contributed by atoms with Crippen LogP contribution < -0.4 is 15.5 Å². The summed E-state index contributed by atoms with van der Waals surface area (Å²) in [4.78, 5) is 6.83. The molecule has 0 unspecified atom stereocenters. The van der Waals surface area contributed by atoms with Gasteiger partial charge in [0.15, 0.2) is 5.96 Å². The molecule has 124 valence electrons. The SMILES string of the molecule is C=CCNC(=NCCCCN(C)c1ccccc1)NCC.I. The molecule has 0 spiro atoms. The lowest BCUT2D eigenvalue weighted by atomic mass is 10.2. The maximum Gasteiger partial charge on any atom is 0.191 e. The molecule has 0 radical (unpaired) electrons. The van der Waals surface area contributed by atoms with Crippen LogP contribution in [-0.2, 0) is 0 Å². The van der Waals surface area contributed by atoms with Gasteiger partial charge in [0.05, 0.1) is 0 Å². The Morgan fingerprint density at radius 1 is 1.23 bits per heavy atom. The number of benzene rings is 1. The first-order valence-electron chi connectivity index (χ1n) is 7.67. The average Bonchev–Trinajstić information content (AvgIpc) is 2.52. The predicted molar refractivity (Wildman–Crippen MR) is 109 cm³/mol. The monoisotopic (exact) mass is 416 g/mol. The highest BCUT2D eigenvalue weighted by Gasteiger charge is 1.99. The lowest BCUT2D eigenvalue weighted by molar-refractivity contribution is 0.722. The Hall–Kier alpha value is -1.24. The van der Waals surface area contributed by atoms with E-state index in [2.05, 4.69) is 65.3 Å². The maximum absolute atomic E-state index is 4.55. The van der Waals surface area contributed by atoms with Gasteiger partial charge in [0.25, 0.3) is 0 Å². The standard InChI is InChI=1S/C17H28N4.HI/c1-4-13-19-17(18-5-2)20-14-9-10-15-21(3)16-11-7-6-8-12-16;/h4,6-8,11-12H,1,5,9-10,13-15H2,2-3H3,(H2,18,19,20);1H. The third kappa shape index (κ3) is 8.92. The molecule has 1 rings (SSSR count). The van der Waals surface area contributed by atoms with Gasteiger partial charge in [-0.2, -0.15) is 0 Å². The van der Waals surface area contributed by atoms with Gasteiger partial charge in [-0.3, -0.25) is 4.99 Å². The topological polar surface area (TPSA) is 39.7 Å². The van der Waals surface area contributed by atoms with Crippen molar-refractivity contribution in [2.45, 2.75) is 19.8 Å². The van der Waals surface area contributed by atoms with E-state index in [1.165, 1.54) is 5.69 Å². The van der Waals surface area contributed by atoms with E-state index in [4.69, 9.17) is 0 Å². The molecule has 22 heavy (non-hydrogen) atoms. The first kappa shape index (κ1) is 20.8. The number of nitrogens with one attached hydrogen (secondary N) is 2. The van der Waals surface area contributed by atoms with Gasteiger partial charge in [-0.05, 0) is 31.9 Å². The number of halogens is 1. The van der Waals surface area contributed by atoms with Gasteiger partial charge in [0.2, 0.25) is 0 Å². The van der Waals surface area contributed by atoms with Crippen molar-refractivity contribution in [1.29, 1.82) is 0 Å². The molecule has 0 aliphatic heterocycles. The molecule has 0 amide bonds. The number of anilines is 1. The molecule has 4 nitrogen and oxygen atoms in total. The summed E-state index contributed by atoms with van der Waals surface area (Å²) >= 11 is 0. The molecule has 0 aliphatic carbocycles. The van der Waals surface area contributed by atoms with Crippen LogP contribution in [0.2, 0.25) is 0 Å². The summed E-state index contributed by atoms with van der Waals surface area (Å²) in [6.07, 6.45) is 4.05. The fourth-order valence-electron chi connectivity index (χ4n) is 1.97. The van der Waals surface area contributed by atoms with Crippen LogP contribution in [0.25, 0.3) is 0 Å². The van der Waals surface area contributed by atoms with Gasteiger partial charge in [0.1, 0.15) is 0 Å². The van der Waals surface area contributed by atoms with E-state index in [1.807, 2.05) is 12.1 Å². The van der Waals surface area contributed by atoms with Crippen molar-refractivity contribution in [2.75, 3.05) is 38.1 Å². The highest BCUT2D eigenvalue weighted by Crippen LogP contribution is 2.11. The number of aliphatic imine (C=N–C) groups is 1. The Balaban J connectivity index is 0.00000441. The quantitative estimate of drug-likeness (QED) is 0.214. The summed E-state index contributed by atoms with van der Waals surface area (Å²) in [5.41, 5.74) is 1.27. The minimum atomic E-state index is 0. The number of guanidine groups is 1. The van der Waals surface area contributed by atoms with Gasteiger partial charge in [-0.1, -0.05) is 24.3 Å². The Morgan fingerprint density at radius 3 is 2.59 bits per heavy atom. The van der Waals surface area contributed by atoms with Crippen LogP contribution in [0.5, 0.6) is 0 Å². The van der Waals surface area contributed by atoms with E-state index < -0.39 is 0 Å². The van der Waals surface area contributed by atoms with Gasteiger partial charge in [-0.15, -0.1) is 30.6 Å². The number of para-hydroxylation sites is 1. The van der Waals surface area contributed by atoms with Gasteiger partial charge < -0.3 is 15.5 Å². The molecule has 0 bridgehead atoms. The molecule has 1 aromatic rings. The van der Waals surface area contributed by atoms with Crippen LogP contribution in [0.4, 0.5) is 5.69 Å². The fraction of sp³-hybridized carbons (Fsp3) is 0.471. The minimum Gasteiger partial charge on any atom is -0.375 e. The van der Waals surface area contributed by atoms with Crippen LogP contribution in [0.3, 0.4) is 0 Å². The number of rotatable bonds is 9. The normalized spacial score (nSPS) is 10.5. The lowest BCUT2D eigenvalue weighted by Gasteiger charge is -2.18. The number of hydrogen-bond donors (Lipinski definition) is 2. The van der Waals surface area contributed by atoms with E-state index in [1.54, 1.807) is 0 Å². The second kappa shape index (κ2) is 13.4. The minimum absolute atomic E-state index is 0. The largest absolute Gasteiger partial charge is 0.375 e. The highest BCUT2D eigenvalue weighted by atomic mass is 127. The second-order valence-corrected chi connectivity index (χ2v) is 4.89. The van der Waals surface area contributed by atoms with E-state index in [9.17, 15) is 0 Å². The van der Waals surface area contributed by atoms with Crippen LogP contribution in [0.1, 0.15) is 19.8 Å². The van der Waals surface area contributed by atoms with Gasteiger partial charge >= 0.3 is 0 Å². The first-order valence-corrected chi connectivity index (χ1v) is 7.67. The summed E-state index contributed by atoms with van der Waals surface area (Å²) in [5.74, 6) is 0.869. The Bertz CT molecular complexity index is 420. The van der Waals surface area contributed by atoms with Crippen molar-refractivity contribution in [3.8, 4) is 0 Å². The van der Waals surface area contributed by atoms with Crippen molar-refractivity contribution in [2.24, 2.45) is 4.99 Å². The molecule has 0 heterocycles. The summed E-state index contributed by atoms with van der Waals surface area (Å²) < 4.78 is 0. The summed E-state index contributed by atoms with van der Waals surface area (Å²) in [7, 11) is 2.13. The number of nitrogens with zero attached hydrogens (tertiary/aromatic N) is 2. The zero-order chi connectivity index (χ0) is 15.3. The molecule has 5 heteroatoms. The molecule has 0 aliphatic rings. The van der Waals surface area contributed by atoms with Crippen molar-refractivity contribution >= 4 is 35.6 Å². The van der Waals surface area contributed by atoms with Gasteiger partial charge in [-0.25, -0.2) is 0 Å². The van der Waals surface area contributed by atoms with E-state index in [0.29, 0.717) is 0 Å². The smallest absolute Gasteiger partial charge is 0.191 e. The molecule has 0 atom stereocenters. The molecule has 1 aromatic carbocycles. The van der Waals surface area contributed by atoms with E-state index in [-0.39, 0.29) is 24.0 Å². The summed E-state index contributed by atoms with van der Waals surface area (Å²) in [5, 5.41) is 6.43. The fourth-order valence-corrected chi connectivity index (χ4v) is 1.97. The van der Waals surface area contributed by atoms with Crippen LogP contribution in [0, 0.1) is 0 Å². The Kier molecular flexibility index (Phi) is 12.7. The third-order valence-electron chi connectivity index (χ3n) is 3.13. The first-order chi connectivity index (χ1) is 10.3. The number of hydrogen-bond acceptors (Lipinski definition) is 2. The van der Waals surface area contributed by atoms with E-state index >= 15 is 0 Å². The second-order valence-electron chi connectivity index (χ2n) is 4.89. The third-order valence-corrected chi connectivity index (χ3v) is 3.13. The lowest BCUT2D eigenvalue weighted by Crippen LogP contribution is -2.37. The molecule has 0 aromatic heterocycles.